The molecule has 1 N–H and O–H groups in total. The molecule has 5 rings (SSSR count). The average Bonchev–Trinajstić information content (AvgIpc) is 3.16. The van der Waals surface area contributed by atoms with Crippen molar-refractivity contribution in [2.45, 2.75) is 26.2 Å². The van der Waals surface area contributed by atoms with E-state index >= 15 is 0 Å². The summed E-state index contributed by atoms with van der Waals surface area (Å²) in [6, 6.07) is 19.0. The molecule has 0 saturated carbocycles. The Balaban J connectivity index is 1.70. The highest BCUT2D eigenvalue weighted by Gasteiger charge is 2.33. The van der Waals surface area contributed by atoms with E-state index in [0.29, 0.717) is 16.5 Å². The number of aromatic nitrogens is 3. The zero-order valence-corrected chi connectivity index (χ0v) is 20.5. The number of aryl methyl sites for hydroxylation is 2. The summed E-state index contributed by atoms with van der Waals surface area (Å²) in [6.45, 7) is 1.23. The van der Waals surface area contributed by atoms with Gasteiger partial charge in [-0.2, -0.15) is 13.2 Å². The van der Waals surface area contributed by atoms with E-state index in [4.69, 9.17) is 0 Å². The van der Waals surface area contributed by atoms with E-state index < -0.39 is 41.1 Å². The second-order valence-electron chi connectivity index (χ2n) is 9.11. The van der Waals surface area contributed by atoms with Crippen molar-refractivity contribution in [2.75, 3.05) is 5.32 Å². The number of amides is 1. The van der Waals surface area contributed by atoms with E-state index in [1.54, 1.807) is 35.9 Å². The lowest BCUT2D eigenvalue weighted by atomic mass is 10.1. The number of nitrogens with zero attached hydrogens (tertiary/aromatic N) is 3. The maximum atomic E-state index is 13.7. The highest BCUT2D eigenvalue weighted by atomic mass is 19.4. The third-order valence-corrected chi connectivity index (χ3v) is 6.50. The van der Waals surface area contributed by atoms with Gasteiger partial charge in [0.2, 0.25) is 5.91 Å². The van der Waals surface area contributed by atoms with Crippen LogP contribution < -0.4 is 16.6 Å². The normalized spacial score (nSPS) is 11.8. The average molecular weight is 521 g/mol. The standard InChI is InChI=1S/C28H23F3N4O3/c1-17-12-13-22-19(14-17)24-25(33(22)2)26(37)35(15-18-8-4-3-5-9-18)27(38)34(24)16-23(36)32-21-11-7-6-10-20(21)28(29,30)31/h3-14H,15-16H2,1-2H3,(H,32,36). The maximum absolute atomic E-state index is 13.7. The Morgan fingerprint density at radius 1 is 0.895 bits per heavy atom. The minimum absolute atomic E-state index is 0.0342. The molecule has 0 atom stereocenters. The molecule has 0 fully saturated rings. The van der Waals surface area contributed by atoms with E-state index in [-0.39, 0.29) is 17.6 Å². The molecule has 0 spiro atoms. The Labute approximate surface area is 214 Å². The zero-order chi connectivity index (χ0) is 27.2. The lowest BCUT2D eigenvalue weighted by Gasteiger charge is -2.16. The first-order valence-corrected chi connectivity index (χ1v) is 11.8. The quantitative estimate of drug-likeness (QED) is 0.366. The first-order chi connectivity index (χ1) is 18.1. The Kier molecular flexibility index (Phi) is 6.18. The van der Waals surface area contributed by atoms with E-state index in [1.165, 1.54) is 12.1 Å². The molecule has 10 heteroatoms. The molecule has 0 unspecified atom stereocenters. The van der Waals surface area contributed by atoms with E-state index in [1.807, 2.05) is 31.2 Å². The first-order valence-electron chi connectivity index (χ1n) is 11.8. The van der Waals surface area contributed by atoms with Crippen LogP contribution in [-0.4, -0.2) is 19.6 Å². The molecule has 0 aliphatic carbocycles. The lowest BCUT2D eigenvalue weighted by Crippen LogP contribution is -2.42. The minimum Gasteiger partial charge on any atom is -0.338 e. The molecule has 194 valence electrons. The maximum Gasteiger partial charge on any atom is 0.418 e. The van der Waals surface area contributed by atoms with E-state index in [9.17, 15) is 27.6 Å². The van der Waals surface area contributed by atoms with Gasteiger partial charge in [-0.15, -0.1) is 0 Å². The second-order valence-corrected chi connectivity index (χ2v) is 9.11. The molecule has 2 aromatic heterocycles. The van der Waals surface area contributed by atoms with Gasteiger partial charge in [-0.1, -0.05) is 54.1 Å². The van der Waals surface area contributed by atoms with Gasteiger partial charge in [0, 0.05) is 12.4 Å². The summed E-state index contributed by atoms with van der Waals surface area (Å²) in [7, 11) is 1.70. The summed E-state index contributed by atoms with van der Waals surface area (Å²) < 4.78 is 44.3. The third-order valence-electron chi connectivity index (χ3n) is 6.50. The third kappa shape index (κ3) is 4.38. The Bertz CT molecular complexity index is 1820. The number of fused-ring (bicyclic) bond motifs is 3. The summed E-state index contributed by atoms with van der Waals surface area (Å²) in [4.78, 5) is 40.4. The molecule has 0 bridgehead atoms. The predicted molar refractivity (Wildman–Crippen MR) is 139 cm³/mol. The van der Waals surface area contributed by atoms with Gasteiger partial charge in [-0.25, -0.2) is 4.79 Å². The number of nitrogens with one attached hydrogen (secondary N) is 1. The van der Waals surface area contributed by atoms with Crippen molar-refractivity contribution in [2.24, 2.45) is 7.05 Å². The number of anilines is 1. The van der Waals surface area contributed by atoms with Gasteiger partial charge in [0.15, 0.2) is 0 Å². The Morgan fingerprint density at radius 2 is 1.58 bits per heavy atom. The molecule has 3 aromatic carbocycles. The largest absolute Gasteiger partial charge is 0.418 e. The summed E-state index contributed by atoms with van der Waals surface area (Å²) in [6.07, 6.45) is -4.68. The Hall–Kier alpha value is -4.60. The monoisotopic (exact) mass is 520 g/mol. The van der Waals surface area contributed by atoms with Gasteiger partial charge < -0.3 is 9.88 Å². The van der Waals surface area contributed by atoms with Crippen LogP contribution in [0.5, 0.6) is 0 Å². The van der Waals surface area contributed by atoms with Crippen LogP contribution in [0, 0.1) is 6.92 Å². The number of carbonyl (C=O) groups is 1. The molecular weight excluding hydrogens is 497 g/mol. The number of alkyl halides is 3. The summed E-state index contributed by atoms with van der Waals surface area (Å²) in [5, 5.41) is 2.88. The van der Waals surface area contributed by atoms with Gasteiger partial charge >= 0.3 is 11.9 Å². The van der Waals surface area contributed by atoms with Crippen LogP contribution in [-0.2, 0) is 31.1 Å². The SMILES string of the molecule is Cc1ccc2c(c1)c1c(c(=O)n(Cc3ccccc3)c(=O)n1CC(=O)Nc1ccccc1C(F)(F)F)n2C. The molecule has 7 nitrogen and oxygen atoms in total. The molecule has 0 saturated heterocycles. The minimum atomic E-state index is -4.68. The van der Waals surface area contributed by atoms with Crippen molar-refractivity contribution in [1.82, 2.24) is 13.7 Å². The number of hydrogen-bond acceptors (Lipinski definition) is 3. The fourth-order valence-electron chi connectivity index (χ4n) is 4.74. The van der Waals surface area contributed by atoms with E-state index in [2.05, 4.69) is 5.32 Å². The van der Waals surface area contributed by atoms with Gasteiger partial charge in [-0.05, 0) is 36.8 Å². The molecule has 38 heavy (non-hydrogen) atoms. The lowest BCUT2D eigenvalue weighted by molar-refractivity contribution is -0.137. The van der Waals surface area contributed by atoms with Crippen molar-refractivity contribution >= 4 is 33.5 Å². The number of hydrogen-bond donors (Lipinski definition) is 1. The molecular formula is C28H23F3N4O3. The molecule has 2 heterocycles. The number of carbonyl (C=O) groups excluding carboxylic acids is 1. The summed E-state index contributed by atoms with van der Waals surface area (Å²) in [5.74, 6) is -0.834. The smallest absolute Gasteiger partial charge is 0.338 e. The van der Waals surface area contributed by atoms with Crippen molar-refractivity contribution in [3.05, 3.63) is 110 Å². The van der Waals surface area contributed by atoms with Crippen LogP contribution in [0.2, 0.25) is 0 Å². The molecule has 0 radical (unpaired) electrons. The number of rotatable bonds is 5. The van der Waals surface area contributed by atoms with Crippen LogP contribution in [0.15, 0.2) is 82.4 Å². The van der Waals surface area contributed by atoms with Crippen LogP contribution >= 0.6 is 0 Å². The molecule has 0 aliphatic rings. The van der Waals surface area contributed by atoms with Gasteiger partial charge in [0.1, 0.15) is 12.1 Å². The van der Waals surface area contributed by atoms with Gasteiger partial charge in [0.05, 0.1) is 28.8 Å². The van der Waals surface area contributed by atoms with Crippen molar-refractivity contribution in [1.29, 1.82) is 0 Å². The fraction of sp³-hybridized carbons (Fsp3) is 0.179. The highest BCUT2D eigenvalue weighted by molar-refractivity contribution is 6.06. The van der Waals surface area contributed by atoms with E-state index in [0.717, 1.165) is 26.8 Å². The number of para-hydroxylation sites is 1. The second kappa shape index (κ2) is 9.37. The molecule has 0 aliphatic heterocycles. The zero-order valence-electron chi connectivity index (χ0n) is 20.5. The fourth-order valence-corrected chi connectivity index (χ4v) is 4.74. The summed E-state index contributed by atoms with van der Waals surface area (Å²) >= 11 is 0. The Morgan fingerprint density at radius 3 is 2.29 bits per heavy atom. The number of halogens is 3. The summed E-state index contributed by atoms with van der Waals surface area (Å²) in [5.41, 5.74) is 0.0487. The van der Waals surface area contributed by atoms with Crippen molar-refractivity contribution in [3.8, 4) is 0 Å². The number of benzene rings is 3. The van der Waals surface area contributed by atoms with Gasteiger partial charge in [-0.3, -0.25) is 18.7 Å². The van der Waals surface area contributed by atoms with Crippen molar-refractivity contribution in [3.63, 3.8) is 0 Å². The van der Waals surface area contributed by atoms with Gasteiger partial charge in [0.25, 0.3) is 5.56 Å². The molecule has 1 amide bonds. The first kappa shape index (κ1) is 25.1. The predicted octanol–water partition coefficient (Wildman–Crippen LogP) is 4.67. The van der Waals surface area contributed by atoms with Crippen LogP contribution in [0.1, 0.15) is 16.7 Å². The van der Waals surface area contributed by atoms with Crippen LogP contribution in [0.3, 0.4) is 0 Å². The molecule has 5 aromatic rings. The topological polar surface area (TPSA) is 78.0 Å². The van der Waals surface area contributed by atoms with Crippen LogP contribution in [0.25, 0.3) is 21.9 Å². The highest BCUT2D eigenvalue weighted by Crippen LogP contribution is 2.34. The van der Waals surface area contributed by atoms with Crippen molar-refractivity contribution < 1.29 is 18.0 Å². The van der Waals surface area contributed by atoms with Crippen LogP contribution in [0.4, 0.5) is 18.9 Å².